The molecule has 1 saturated carbocycles. The highest BCUT2D eigenvalue weighted by molar-refractivity contribution is 5.78. The van der Waals surface area contributed by atoms with Crippen LogP contribution in [0.4, 0.5) is 0 Å². The average molecular weight is 329 g/mol. The molecular formula is C19H27N3O2. The SMILES string of the molecule is O=C(CN1C[C@H]2CC[C@@H](Oc3cccnc3)[C@H]2C1)N1CCCCC1. The normalized spacial score (nSPS) is 30.3. The first-order chi connectivity index (χ1) is 11.8. The van der Waals surface area contributed by atoms with Gasteiger partial charge in [-0.05, 0) is 50.2 Å². The summed E-state index contributed by atoms with van der Waals surface area (Å²) in [7, 11) is 0. The number of rotatable bonds is 4. The molecule has 0 spiro atoms. The Balaban J connectivity index is 1.31. The van der Waals surface area contributed by atoms with Gasteiger partial charge in [-0.15, -0.1) is 0 Å². The van der Waals surface area contributed by atoms with E-state index < -0.39 is 0 Å². The maximum Gasteiger partial charge on any atom is 0.236 e. The van der Waals surface area contributed by atoms with Crippen molar-refractivity contribution in [1.29, 1.82) is 0 Å². The minimum Gasteiger partial charge on any atom is -0.488 e. The molecule has 2 aliphatic heterocycles. The lowest BCUT2D eigenvalue weighted by molar-refractivity contribution is -0.133. The molecule has 1 aromatic heterocycles. The van der Waals surface area contributed by atoms with Crippen molar-refractivity contribution in [2.75, 3.05) is 32.7 Å². The maximum absolute atomic E-state index is 12.5. The number of hydrogen-bond donors (Lipinski definition) is 0. The predicted molar refractivity (Wildman–Crippen MR) is 91.7 cm³/mol. The number of likely N-dealkylation sites (tertiary alicyclic amines) is 2. The fourth-order valence-corrected chi connectivity index (χ4v) is 4.61. The van der Waals surface area contributed by atoms with Gasteiger partial charge in [0.1, 0.15) is 11.9 Å². The maximum atomic E-state index is 12.5. The lowest BCUT2D eigenvalue weighted by Gasteiger charge is -2.29. The molecular weight excluding hydrogens is 302 g/mol. The average Bonchev–Trinajstić information content (AvgIpc) is 3.18. The monoisotopic (exact) mass is 329 g/mol. The summed E-state index contributed by atoms with van der Waals surface area (Å²) in [6.45, 7) is 4.54. The Morgan fingerprint density at radius 1 is 1.21 bits per heavy atom. The molecule has 0 radical (unpaired) electrons. The summed E-state index contributed by atoms with van der Waals surface area (Å²) >= 11 is 0. The minimum absolute atomic E-state index is 0.272. The summed E-state index contributed by atoms with van der Waals surface area (Å²) in [6.07, 6.45) is 9.77. The van der Waals surface area contributed by atoms with Gasteiger partial charge in [0.05, 0.1) is 12.7 Å². The van der Waals surface area contributed by atoms with Crippen LogP contribution >= 0.6 is 0 Å². The van der Waals surface area contributed by atoms with Gasteiger partial charge >= 0.3 is 0 Å². The van der Waals surface area contributed by atoms with Crippen LogP contribution in [0.3, 0.4) is 0 Å². The molecule has 3 aliphatic rings. The Morgan fingerprint density at radius 3 is 2.88 bits per heavy atom. The molecule has 3 atom stereocenters. The zero-order valence-electron chi connectivity index (χ0n) is 14.3. The topological polar surface area (TPSA) is 45.7 Å². The highest BCUT2D eigenvalue weighted by Gasteiger charge is 2.44. The van der Waals surface area contributed by atoms with Gasteiger partial charge in [0, 0.05) is 38.3 Å². The first-order valence-corrected chi connectivity index (χ1v) is 9.36. The third kappa shape index (κ3) is 3.41. The molecule has 4 rings (SSSR count). The molecule has 0 N–H and O–H groups in total. The van der Waals surface area contributed by atoms with E-state index in [2.05, 4.69) is 14.8 Å². The van der Waals surface area contributed by atoms with Gasteiger partial charge in [0.2, 0.25) is 5.91 Å². The molecule has 0 bridgehead atoms. The number of amides is 1. The lowest BCUT2D eigenvalue weighted by Crippen LogP contribution is -2.42. The highest BCUT2D eigenvalue weighted by Crippen LogP contribution is 2.40. The summed E-state index contributed by atoms with van der Waals surface area (Å²) in [5, 5.41) is 0. The Morgan fingerprint density at radius 2 is 2.08 bits per heavy atom. The fraction of sp³-hybridized carbons (Fsp3) is 0.684. The molecule has 3 heterocycles. The quantitative estimate of drug-likeness (QED) is 0.849. The number of fused-ring (bicyclic) bond motifs is 1. The number of pyridine rings is 1. The predicted octanol–water partition coefficient (Wildman–Crippen LogP) is 2.18. The van der Waals surface area contributed by atoms with Crippen molar-refractivity contribution in [3.63, 3.8) is 0 Å². The van der Waals surface area contributed by atoms with Gasteiger partial charge in [-0.2, -0.15) is 0 Å². The van der Waals surface area contributed by atoms with E-state index in [0.29, 0.717) is 24.3 Å². The molecule has 5 heteroatoms. The molecule has 3 fully saturated rings. The van der Waals surface area contributed by atoms with Gasteiger partial charge in [0.25, 0.3) is 0 Å². The second kappa shape index (κ2) is 7.09. The minimum atomic E-state index is 0.272. The van der Waals surface area contributed by atoms with Crippen LogP contribution in [-0.2, 0) is 4.79 Å². The van der Waals surface area contributed by atoms with Gasteiger partial charge in [-0.1, -0.05) is 0 Å². The molecule has 130 valence electrons. The van der Waals surface area contributed by atoms with Gasteiger partial charge in [-0.25, -0.2) is 0 Å². The van der Waals surface area contributed by atoms with E-state index >= 15 is 0 Å². The largest absolute Gasteiger partial charge is 0.488 e. The standard InChI is InChI=1S/C19H27N3O2/c23-19(22-9-2-1-3-10-22)14-21-12-15-6-7-18(17(15)13-21)24-16-5-4-8-20-11-16/h4-5,8,11,15,17-18H,1-3,6-7,9-10,12-14H2/t15-,17+,18-/m1/s1. The molecule has 2 saturated heterocycles. The Labute approximate surface area is 144 Å². The van der Waals surface area contributed by atoms with E-state index in [0.717, 1.165) is 51.2 Å². The van der Waals surface area contributed by atoms with Crippen molar-refractivity contribution in [3.05, 3.63) is 24.5 Å². The number of nitrogens with zero attached hydrogens (tertiary/aromatic N) is 3. The van der Waals surface area contributed by atoms with Crippen molar-refractivity contribution in [3.8, 4) is 5.75 Å². The first kappa shape index (κ1) is 15.9. The number of piperidine rings is 1. The third-order valence-corrected chi connectivity index (χ3v) is 5.86. The Bertz CT molecular complexity index is 559. The molecule has 1 amide bonds. The second-order valence-corrected chi connectivity index (χ2v) is 7.48. The summed E-state index contributed by atoms with van der Waals surface area (Å²) in [5.41, 5.74) is 0. The summed E-state index contributed by atoms with van der Waals surface area (Å²) in [5.74, 6) is 2.42. The van der Waals surface area contributed by atoms with E-state index in [1.165, 1.54) is 12.8 Å². The van der Waals surface area contributed by atoms with E-state index in [4.69, 9.17) is 4.74 Å². The second-order valence-electron chi connectivity index (χ2n) is 7.48. The van der Waals surface area contributed by atoms with Crippen molar-refractivity contribution in [1.82, 2.24) is 14.8 Å². The first-order valence-electron chi connectivity index (χ1n) is 9.36. The van der Waals surface area contributed by atoms with Gasteiger partial charge in [-0.3, -0.25) is 14.7 Å². The van der Waals surface area contributed by atoms with E-state index in [-0.39, 0.29) is 6.10 Å². The Kier molecular flexibility index (Phi) is 4.69. The lowest BCUT2D eigenvalue weighted by atomic mass is 9.99. The van der Waals surface area contributed by atoms with E-state index in [9.17, 15) is 4.79 Å². The summed E-state index contributed by atoms with van der Waals surface area (Å²) < 4.78 is 6.17. The van der Waals surface area contributed by atoms with Crippen LogP contribution in [0.1, 0.15) is 32.1 Å². The van der Waals surface area contributed by atoms with Crippen molar-refractivity contribution in [2.45, 2.75) is 38.2 Å². The number of carbonyl (C=O) groups is 1. The molecule has 5 nitrogen and oxygen atoms in total. The zero-order valence-corrected chi connectivity index (χ0v) is 14.3. The van der Waals surface area contributed by atoms with Crippen LogP contribution in [0.5, 0.6) is 5.75 Å². The highest BCUT2D eigenvalue weighted by atomic mass is 16.5. The number of ether oxygens (including phenoxy) is 1. The summed E-state index contributed by atoms with van der Waals surface area (Å²) in [6, 6.07) is 3.90. The van der Waals surface area contributed by atoms with E-state index in [1.807, 2.05) is 12.1 Å². The smallest absolute Gasteiger partial charge is 0.236 e. The van der Waals surface area contributed by atoms with Gasteiger partial charge < -0.3 is 9.64 Å². The van der Waals surface area contributed by atoms with Crippen LogP contribution < -0.4 is 4.74 Å². The molecule has 1 aromatic rings. The summed E-state index contributed by atoms with van der Waals surface area (Å²) in [4.78, 5) is 21.0. The van der Waals surface area contributed by atoms with Crippen LogP contribution in [-0.4, -0.2) is 59.5 Å². The van der Waals surface area contributed by atoms with Gasteiger partial charge in [0.15, 0.2) is 0 Å². The van der Waals surface area contributed by atoms with Crippen LogP contribution in [0, 0.1) is 11.8 Å². The van der Waals surface area contributed by atoms with E-state index in [1.54, 1.807) is 12.4 Å². The van der Waals surface area contributed by atoms with Crippen molar-refractivity contribution >= 4 is 5.91 Å². The van der Waals surface area contributed by atoms with Crippen molar-refractivity contribution in [2.24, 2.45) is 11.8 Å². The van der Waals surface area contributed by atoms with Crippen LogP contribution in [0.2, 0.25) is 0 Å². The number of carbonyl (C=O) groups excluding carboxylic acids is 1. The fourth-order valence-electron chi connectivity index (χ4n) is 4.61. The van der Waals surface area contributed by atoms with Crippen LogP contribution in [0.25, 0.3) is 0 Å². The molecule has 0 aromatic carbocycles. The van der Waals surface area contributed by atoms with Crippen LogP contribution in [0.15, 0.2) is 24.5 Å². The number of aromatic nitrogens is 1. The Hall–Kier alpha value is -1.62. The van der Waals surface area contributed by atoms with Crippen molar-refractivity contribution < 1.29 is 9.53 Å². The molecule has 0 unspecified atom stereocenters. The molecule has 1 aliphatic carbocycles. The molecule has 24 heavy (non-hydrogen) atoms. The zero-order chi connectivity index (χ0) is 16.4. The third-order valence-electron chi connectivity index (χ3n) is 5.86. The number of hydrogen-bond acceptors (Lipinski definition) is 4.